The summed E-state index contributed by atoms with van der Waals surface area (Å²) in [4.78, 5) is 32.3. The van der Waals surface area contributed by atoms with E-state index in [0.29, 0.717) is 75.0 Å². The Bertz CT molecular complexity index is 6930. The van der Waals surface area contributed by atoms with E-state index in [4.69, 9.17) is 57.1 Å². The normalized spacial score (nSPS) is 12.2. The van der Waals surface area contributed by atoms with Crippen molar-refractivity contribution in [1.29, 1.82) is 5.41 Å². The molecule has 0 bridgehead atoms. The Balaban J connectivity index is -0.00000168. The van der Waals surface area contributed by atoms with Crippen LogP contribution < -0.4 is 115 Å². The summed E-state index contributed by atoms with van der Waals surface area (Å²) in [7, 11) is -41.6. The van der Waals surface area contributed by atoms with Crippen molar-refractivity contribution in [2.45, 2.75) is 112 Å². The predicted octanol–water partition coefficient (Wildman–Crippen LogP) is 3.64. The molecule has 53 heteroatoms. The number of carbonyl (C=O) groups excluding carboxylic acids is 3. The predicted molar refractivity (Wildman–Crippen MR) is 501 cm³/mol. The van der Waals surface area contributed by atoms with E-state index in [1.54, 1.807) is 24.3 Å². The first-order chi connectivity index (χ1) is 61.3. The zero-order chi connectivity index (χ0) is 99.8. The third kappa shape index (κ3) is 36.7. The molecule has 1 unspecified atom stereocenters. The van der Waals surface area contributed by atoms with Gasteiger partial charge < -0.3 is 40.7 Å². The van der Waals surface area contributed by atoms with Crippen LogP contribution in [0, 0.1) is 5.41 Å². The molecule has 0 aromatic heterocycles. The maximum absolute atomic E-state index is 12.4. The summed E-state index contributed by atoms with van der Waals surface area (Å²) in [6.07, 6.45) is 6.55. The first kappa shape index (κ1) is 126. The number of hydrogen-bond donors (Lipinski definition) is 13. The summed E-state index contributed by atoms with van der Waals surface area (Å²) in [5.74, 6) is -0.741. The molecule has 136 heavy (non-hydrogen) atoms. The number of aldehydes is 3. The monoisotopic (exact) mass is 2130 g/mol. The van der Waals surface area contributed by atoms with Crippen molar-refractivity contribution in [2.24, 2.45) is 5.73 Å². The van der Waals surface area contributed by atoms with E-state index in [0.717, 1.165) is 136 Å². The Morgan fingerprint density at radius 3 is 1.03 bits per heavy atom. The van der Waals surface area contributed by atoms with Crippen molar-refractivity contribution in [3.05, 3.63) is 278 Å². The van der Waals surface area contributed by atoms with E-state index < -0.39 is 160 Å². The molecule has 10 rings (SSSR count). The van der Waals surface area contributed by atoms with Gasteiger partial charge in [0.2, 0.25) is 6.29 Å². The standard InChI is InChI=1S/C27H34N2O6S2.C27H32N2O6S2.C8H10N2O8S2.C7H5ClO4S.C7H5ClO.C7H6O7S2.H3N.3Na.3H/c2*1-5-28(6-2)22-13-9-20(10-14-22)27(21-11-15-23(16-12-21)29(7-3)8-4)25-19-24(36(30,31)32)17-18-26(25)37(33,34)35;9-8(10)18-7(11)5-3-4(19(12,13)14)1-2-6(5)20(15,16)17;8-7-2-1-6(13(10,11)12)3-5(7)4-9;8-7-4-2-1-3-6(7)5-9;8-4-5-3-6(15(9,10)11)1-2-7(5)16(12,13)14;;;;;;;/h9-19,27H,5-8H2,1-4H3,(H,30,31,32)(H,33,34,35);9-19H,5-8H2,1-4H3,(H-,30,31,32,33,34,35);1-3,7,11H,(H3,9,10)(H,12,13,14)(H,15,16,17);1-4H,(H,10,11,12);1-5H;1-4H,(H,9,10,11)(H,12,13,14);1H3;;;;;;/q;;;;;;;3*+1;3*-1/p+1. The van der Waals surface area contributed by atoms with Crippen LogP contribution in [-0.2, 0) is 95.8 Å². The minimum absolute atomic E-state index is 0. The number of anilines is 3. The molecule has 0 saturated heterocycles. The first-order valence-electron chi connectivity index (χ1n) is 38.5. The number of ether oxygens (including phenoxy) is 1. The van der Waals surface area contributed by atoms with Gasteiger partial charge in [-0.2, -0.15) is 75.8 Å². The number of allylic oxidation sites excluding steroid dienone is 5. The molecule has 1 aliphatic rings. The van der Waals surface area contributed by atoms with E-state index in [-0.39, 0.29) is 132 Å². The van der Waals surface area contributed by atoms with Gasteiger partial charge in [0.25, 0.3) is 97.1 Å². The number of amidine groups is 1. The van der Waals surface area contributed by atoms with Gasteiger partial charge >= 0.3 is 88.7 Å². The van der Waals surface area contributed by atoms with Gasteiger partial charge in [-0.15, -0.1) is 0 Å². The van der Waals surface area contributed by atoms with Crippen molar-refractivity contribution in [3.63, 3.8) is 0 Å². The van der Waals surface area contributed by atoms with Crippen molar-refractivity contribution >= 4 is 167 Å². The molecule has 9 aromatic rings. The van der Waals surface area contributed by atoms with Crippen LogP contribution in [0.1, 0.15) is 136 Å². The molecule has 728 valence electrons. The van der Waals surface area contributed by atoms with Crippen LogP contribution >= 0.6 is 23.2 Å². The number of aliphatic hydroxyl groups is 1. The van der Waals surface area contributed by atoms with E-state index in [1.165, 1.54) is 6.07 Å². The van der Waals surface area contributed by atoms with Gasteiger partial charge in [0.1, 0.15) is 27.8 Å². The third-order valence-electron chi connectivity index (χ3n) is 19.1. The van der Waals surface area contributed by atoms with Crippen molar-refractivity contribution in [1.82, 2.24) is 6.15 Å². The van der Waals surface area contributed by atoms with Gasteiger partial charge in [0.15, 0.2) is 24.6 Å². The maximum Gasteiger partial charge on any atom is 1.00 e. The molecule has 0 heterocycles. The fraction of sp³-hybridized carbons (Fsp3) is 0.217. The first-order valence-corrected chi connectivity index (χ1v) is 52.2. The molecule has 1 aliphatic carbocycles. The quantitative estimate of drug-likeness (QED) is 0.00447. The van der Waals surface area contributed by atoms with Gasteiger partial charge in [-0.3, -0.25) is 60.8 Å². The Morgan fingerprint density at radius 2 is 0.699 bits per heavy atom. The van der Waals surface area contributed by atoms with Gasteiger partial charge in [0.05, 0.1) is 39.4 Å². The fourth-order valence-corrected chi connectivity index (χ4v) is 18.4. The second-order valence-electron chi connectivity index (χ2n) is 27.2. The second-order valence-corrected chi connectivity index (χ2v) is 40.7. The molecular formula is C83H99Cl2N7Na3O32S9+. The van der Waals surface area contributed by atoms with Crippen LogP contribution in [0.5, 0.6) is 0 Å². The number of nitrogens with two attached hydrogens (primary N) is 1. The van der Waals surface area contributed by atoms with Crippen LogP contribution in [-0.4, -0.2) is 209 Å². The maximum atomic E-state index is 12.4. The number of benzene rings is 9. The van der Waals surface area contributed by atoms with E-state index in [1.807, 2.05) is 125 Å². The molecule has 0 aliphatic heterocycles. The molecule has 16 N–H and O–H groups in total. The topological polar surface area (TPSA) is 668 Å². The minimum atomic E-state index is -4.80. The van der Waals surface area contributed by atoms with Gasteiger partial charge in [0, 0.05) is 102 Å². The molecule has 0 saturated carbocycles. The smallest absolute Gasteiger partial charge is 1.00 e. The van der Waals surface area contributed by atoms with Crippen LogP contribution in [0.2, 0.25) is 10.0 Å². The van der Waals surface area contributed by atoms with Crippen LogP contribution in [0.25, 0.3) is 5.57 Å². The van der Waals surface area contributed by atoms with E-state index >= 15 is 0 Å². The third-order valence-corrected chi connectivity index (χ3v) is 27.7. The summed E-state index contributed by atoms with van der Waals surface area (Å²) in [5, 5.41) is 17.0. The number of rotatable bonds is 30. The molecule has 0 spiro atoms. The summed E-state index contributed by atoms with van der Waals surface area (Å²) < 4.78 is 295. The summed E-state index contributed by atoms with van der Waals surface area (Å²) in [6.45, 7) is 22.9. The molecule has 0 radical (unpaired) electrons. The van der Waals surface area contributed by atoms with Gasteiger partial charge in [-0.05, 0) is 234 Å². The number of hydrogen-bond acceptors (Lipinski definition) is 28. The zero-order valence-corrected chi connectivity index (χ0v) is 89.6. The molecule has 9 aromatic carbocycles. The Kier molecular flexibility index (Phi) is 50.9. The van der Waals surface area contributed by atoms with Crippen LogP contribution in [0.4, 0.5) is 17.1 Å². The Labute approximate surface area is 870 Å². The van der Waals surface area contributed by atoms with Crippen molar-refractivity contribution in [3.8, 4) is 0 Å². The number of carbonyl (C=O) groups is 3. The molecule has 0 amide bonds. The summed E-state index contributed by atoms with van der Waals surface area (Å²) >= 11 is 11.1. The van der Waals surface area contributed by atoms with E-state index in [2.05, 4.69) is 51.7 Å². The average Bonchev–Trinajstić information content (AvgIpc) is 0.766. The Morgan fingerprint density at radius 1 is 0.390 bits per heavy atom. The zero-order valence-electron chi connectivity index (χ0n) is 77.7. The molecule has 1 atom stereocenters. The fourth-order valence-electron chi connectivity index (χ4n) is 12.7. The largest absolute Gasteiger partial charge is 1.00 e. The molecular weight excluding hydrogens is 2040 g/mol. The van der Waals surface area contributed by atoms with Crippen LogP contribution in [0.3, 0.4) is 0 Å². The number of nitrogens with zero attached hydrogens (tertiary/aromatic N) is 4. The van der Waals surface area contributed by atoms with Crippen molar-refractivity contribution in [2.75, 3.05) is 67.1 Å². The second kappa shape index (κ2) is 54.9. The van der Waals surface area contributed by atoms with Crippen LogP contribution in [0.15, 0.2) is 262 Å². The van der Waals surface area contributed by atoms with Gasteiger partial charge in [-0.25, -0.2) is 4.58 Å². The minimum Gasteiger partial charge on any atom is -1.00 e. The number of halogens is 2. The number of aliphatic hydroxyl groups excluding tert-OH is 1. The summed E-state index contributed by atoms with van der Waals surface area (Å²) in [6, 6.07) is 42.1. The number of nitrogens with one attached hydrogen (secondary N) is 1. The molecule has 39 nitrogen and oxygen atoms in total. The average molecular weight is 2140 g/mol. The van der Waals surface area contributed by atoms with Crippen molar-refractivity contribution < 1.29 is 238 Å². The summed E-state index contributed by atoms with van der Waals surface area (Å²) in [5.41, 5.74) is 11.1. The Hall–Kier alpha value is -7.76. The van der Waals surface area contributed by atoms with E-state index in [9.17, 15) is 113 Å². The SMILES string of the molecule is CCN(CC)c1ccc(C(=C2C=CC(=[N+](CC)CC)C=C2)c2cc(S(=O)(=O)O)ccc2S(=O)(=O)O)cc1.CCN(CC)c1ccc(C(c2ccc(N(CC)CC)cc2)c2cc(S(=O)(=O)O)ccc2S(=O)(=O)O)cc1.N.N=C(N)OC(O)c1cc(S(=O)(=O)O)ccc1S(=O)(=O)O.O=Cc1cc(S(=O)(=O)O)ccc1Cl.O=Cc1cc(S(=O)(=O)O)ccc1S(=O)(=O)O.O=Cc1ccccc1Cl.[H-].[H-].[H-].[Na+].[Na+].[Na+]. The molecule has 0 fully saturated rings. The van der Waals surface area contributed by atoms with Gasteiger partial charge in [-0.1, -0.05) is 77.8 Å².